The molecule has 0 radical (unpaired) electrons. The fourth-order valence-corrected chi connectivity index (χ4v) is 3.72. The van der Waals surface area contributed by atoms with E-state index in [2.05, 4.69) is 17.4 Å². The van der Waals surface area contributed by atoms with Crippen LogP contribution in [0.2, 0.25) is 0 Å². The molecule has 150 valence electrons. The molecule has 0 bridgehead atoms. The molecule has 5 heteroatoms. The maximum Gasteiger partial charge on any atom is 0.242 e. The summed E-state index contributed by atoms with van der Waals surface area (Å²) in [6, 6.07) is 19.6. The van der Waals surface area contributed by atoms with Gasteiger partial charge in [0, 0.05) is 31.0 Å². The van der Waals surface area contributed by atoms with Gasteiger partial charge in [-0.15, -0.1) is 0 Å². The van der Waals surface area contributed by atoms with Crippen LogP contribution in [0.4, 0.5) is 0 Å². The maximum absolute atomic E-state index is 12.9. The van der Waals surface area contributed by atoms with Crippen molar-refractivity contribution in [1.29, 1.82) is 0 Å². The van der Waals surface area contributed by atoms with Crippen LogP contribution in [0, 0.1) is 0 Å². The van der Waals surface area contributed by atoms with E-state index in [0.29, 0.717) is 19.5 Å². The first-order chi connectivity index (χ1) is 13.6. The van der Waals surface area contributed by atoms with Crippen molar-refractivity contribution >= 4 is 23.6 Å². The largest absolute Gasteiger partial charge is 0.354 e. The van der Waals surface area contributed by atoms with Crippen molar-refractivity contribution in [3.05, 3.63) is 71.8 Å². The lowest BCUT2D eigenvalue weighted by Gasteiger charge is -2.29. The number of carbonyl (C=O) groups excluding carboxylic acids is 2. The normalized spacial score (nSPS) is 11.6. The Morgan fingerprint density at radius 1 is 1.00 bits per heavy atom. The van der Waals surface area contributed by atoms with Gasteiger partial charge in [0.25, 0.3) is 0 Å². The van der Waals surface area contributed by atoms with Crippen molar-refractivity contribution in [3.8, 4) is 0 Å². The van der Waals surface area contributed by atoms with Gasteiger partial charge >= 0.3 is 0 Å². The number of nitrogens with one attached hydrogen (secondary N) is 1. The summed E-state index contributed by atoms with van der Waals surface area (Å²) in [6.45, 7) is 4.90. The standard InChI is InChI=1S/C23H30N2O2S/c1-3-15-24-23(27)19(2)25(17-20-10-6-4-7-11-20)22(26)14-16-28-18-21-12-8-5-9-13-21/h4-13,19H,3,14-18H2,1-2H3,(H,24,27)/t19-/m0/s1. The average molecular weight is 399 g/mol. The topological polar surface area (TPSA) is 49.4 Å². The maximum atomic E-state index is 12.9. The zero-order chi connectivity index (χ0) is 20.2. The summed E-state index contributed by atoms with van der Waals surface area (Å²) in [4.78, 5) is 27.1. The molecule has 1 N–H and O–H groups in total. The van der Waals surface area contributed by atoms with Gasteiger partial charge in [-0.2, -0.15) is 11.8 Å². The predicted molar refractivity (Wildman–Crippen MR) is 117 cm³/mol. The molecule has 2 aromatic rings. The lowest BCUT2D eigenvalue weighted by molar-refractivity contribution is -0.140. The van der Waals surface area contributed by atoms with Crippen molar-refractivity contribution in [2.45, 2.75) is 45.0 Å². The Balaban J connectivity index is 1.94. The van der Waals surface area contributed by atoms with Crippen LogP contribution in [-0.4, -0.2) is 35.1 Å². The summed E-state index contributed by atoms with van der Waals surface area (Å²) in [5.74, 6) is 1.55. The monoisotopic (exact) mass is 398 g/mol. The quantitative estimate of drug-likeness (QED) is 0.576. The molecule has 4 nitrogen and oxygen atoms in total. The van der Waals surface area contributed by atoms with E-state index in [-0.39, 0.29) is 11.8 Å². The van der Waals surface area contributed by atoms with Crippen LogP contribution in [0.25, 0.3) is 0 Å². The van der Waals surface area contributed by atoms with Crippen molar-refractivity contribution in [3.63, 3.8) is 0 Å². The molecule has 0 spiro atoms. The summed E-state index contributed by atoms with van der Waals surface area (Å²) in [6.07, 6.45) is 1.30. The van der Waals surface area contributed by atoms with E-state index in [1.165, 1.54) is 5.56 Å². The minimum Gasteiger partial charge on any atom is -0.354 e. The van der Waals surface area contributed by atoms with Crippen LogP contribution in [0.15, 0.2) is 60.7 Å². The fourth-order valence-electron chi connectivity index (χ4n) is 2.83. The molecule has 0 aromatic heterocycles. The first-order valence-corrected chi connectivity index (χ1v) is 11.0. The number of nitrogens with zero attached hydrogens (tertiary/aromatic N) is 1. The lowest BCUT2D eigenvalue weighted by atomic mass is 10.1. The number of thioether (sulfide) groups is 1. The molecule has 0 fully saturated rings. The second kappa shape index (κ2) is 12.2. The van der Waals surface area contributed by atoms with E-state index in [9.17, 15) is 9.59 Å². The van der Waals surface area contributed by atoms with Crippen LogP contribution >= 0.6 is 11.8 Å². The summed E-state index contributed by atoms with van der Waals surface area (Å²) < 4.78 is 0. The summed E-state index contributed by atoms with van der Waals surface area (Å²) >= 11 is 1.74. The van der Waals surface area contributed by atoms with E-state index in [1.54, 1.807) is 16.7 Å². The van der Waals surface area contributed by atoms with Crippen LogP contribution in [0.3, 0.4) is 0 Å². The highest BCUT2D eigenvalue weighted by Crippen LogP contribution is 2.16. The van der Waals surface area contributed by atoms with Crippen LogP contribution < -0.4 is 5.32 Å². The average Bonchev–Trinajstić information content (AvgIpc) is 2.74. The van der Waals surface area contributed by atoms with E-state index >= 15 is 0 Å². The smallest absolute Gasteiger partial charge is 0.242 e. The van der Waals surface area contributed by atoms with Gasteiger partial charge in [0.15, 0.2) is 0 Å². The number of hydrogen-bond acceptors (Lipinski definition) is 3. The first kappa shape index (κ1) is 22.0. The number of rotatable bonds is 11. The predicted octanol–water partition coefficient (Wildman–Crippen LogP) is 4.25. The number of carbonyl (C=O) groups is 2. The van der Waals surface area contributed by atoms with Gasteiger partial charge in [0.1, 0.15) is 6.04 Å². The molecule has 1 atom stereocenters. The Hall–Kier alpha value is -2.27. The Bertz CT molecular complexity index is 722. The first-order valence-electron chi connectivity index (χ1n) is 9.84. The summed E-state index contributed by atoms with van der Waals surface area (Å²) in [5.41, 5.74) is 2.29. The molecule has 0 saturated carbocycles. The van der Waals surface area contributed by atoms with E-state index in [1.807, 2.05) is 62.4 Å². The molecular weight excluding hydrogens is 368 g/mol. The van der Waals surface area contributed by atoms with Crippen molar-refractivity contribution in [1.82, 2.24) is 10.2 Å². The molecule has 0 aliphatic rings. The van der Waals surface area contributed by atoms with Crippen molar-refractivity contribution in [2.24, 2.45) is 0 Å². The van der Waals surface area contributed by atoms with Gasteiger partial charge in [-0.05, 0) is 24.5 Å². The fraction of sp³-hybridized carbons (Fsp3) is 0.391. The SMILES string of the molecule is CCCNC(=O)[C@H](C)N(Cc1ccccc1)C(=O)CCSCc1ccccc1. The molecule has 28 heavy (non-hydrogen) atoms. The van der Waals surface area contributed by atoms with Gasteiger partial charge < -0.3 is 10.2 Å². The zero-order valence-electron chi connectivity index (χ0n) is 16.8. The molecule has 0 unspecified atom stereocenters. The number of benzene rings is 2. The Morgan fingerprint density at radius 3 is 2.21 bits per heavy atom. The number of hydrogen-bond donors (Lipinski definition) is 1. The van der Waals surface area contributed by atoms with Crippen LogP contribution in [0.5, 0.6) is 0 Å². The van der Waals surface area contributed by atoms with Gasteiger partial charge in [0.2, 0.25) is 11.8 Å². The Morgan fingerprint density at radius 2 is 1.61 bits per heavy atom. The van der Waals surface area contributed by atoms with E-state index in [0.717, 1.165) is 23.5 Å². The molecule has 0 aliphatic carbocycles. The lowest BCUT2D eigenvalue weighted by Crippen LogP contribution is -2.47. The van der Waals surface area contributed by atoms with Gasteiger partial charge in [-0.25, -0.2) is 0 Å². The highest BCUT2D eigenvalue weighted by atomic mass is 32.2. The third kappa shape index (κ3) is 7.39. The minimum atomic E-state index is -0.488. The second-order valence-electron chi connectivity index (χ2n) is 6.76. The van der Waals surface area contributed by atoms with Gasteiger partial charge in [0.05, 0.1) is 0 Å². The van der Waals surface area contributed by atoms with Crippen molar-refractivity contribution in [2.75, 3.05) is 12.3 Å². The van der Waals surface area contributed by atoms with Gasteiger partial charge in [-0.1, -0.05) is 67.6 Å². The summed E-state index contributed by atoms with van der Waals surface area (Å²) in [5, 5.41) is 2.90. The highest BCUT2D eigenvalue weighted by Gasteiger charge is 2.25. The van der Waals surface area contributed by atoms with Crippen molar-refractivity contribution < 1.29 is 9.59 Å². The summed E-state index contributed by atoms with van der Waals surface area (Å²) in [7, 11) is 0. The molecule has 0 aliphatic heterocycles. The zero-order valence-corrected chi connectivity index (χ0v) is 17.6. The third-order valence-electron chi connectivity index (χ3n) is 4.48. The number of amides is 2. The highest BCUT2D eigenvalue weighted by molar-refractivity contribution is 7.98. The second-order valence-corrected chi connectivity index (χ2v) is 7.87. The molecular formula is C23H30N2O2S. The van der Waals surface area contributed by atoms with E-state index in [4.69, 9.17) is 0 Å². The molecule has 2 amide bonds. The van der Waals surface area contributed by atoms with Gasteiger partial charge in [-0.3, -0.25) is 9.59 Å². The van der Waals surface area contributed by atoms with Crippen LogP contribution in [-0.2, 0) is 21.9 Å². The molecule has 0 heterocycles. The Kier molecular flexibility index (Phi) is 9.63. The molecule has 2 aromatic carbocycles. The molecule has 2 rings (SSSR count). The Labute approximate surface area is 172 Å². The van der Waals surface area contributed by atoms with Crippen LogP contribution in [0.1, 0.15) is 37.8 Å². The van der Waals surface area contributed by atoms with E-state index < -0.39 is 6.04 Å². The third-order valence-corrected chi connectivity index (χ3v) is 5.51. The molecule has 0 saturated heterocycles. The minimum absolute atomic E-state index is 0.0172.